The Morgan fingerprint density at radius 3 is 2.93 bits per heavy atom. The van der Waals surface area contributed by atoms with E-state index in [2.05, 4.69) is 17.1 Å². The van der Waals surface area contributed by atoms with Gasteiger partial charge in [-0.25, -0.2) is 4.98 Å². The van der Waals surface area contributed by atoms with Crippen molar-refractivity contribution in [2.45, 2.75) is 25.3 Å². The van der Waals surface area contributed by atoms with Gasteiger partial charge in [0.1, 0.15) is 18.6 Å². The number of carbonyl (C=O) groups excluding carboxylic acids is 1. The minimum atomic E-state index is -0.237. The Morgan fingerprint density at radius 2 is 2.07 bits per heavy atom. The number of carbonyl (C=O) groups is 1. The maximum atomic E-state index is 12.0. The molecule has 0 bridgehead atoms. The Morgan fingerprint density at radius 1 is 1.13 bits per heavy atom. The van der Waals surface area contributed by atoms with Crippen LogP contribution in [0, 0.1) is 0 Å². The lowest BCUT2D eigenvalue weighted by atomic mass is 9.79. The number of hydrogen-bond donors (Lipinski definition) is 0. The van der Waals surface area contributed by atoms with E-state index in [1.54, 1.807) is 12.5 Å². The highest BCUT2D eigenvalue weighted by Gasteiger charge is 2.25. The average Bonchev–Trinajstić information content (AvgIpc) is 3.45. The highest BCUT2D eigenvalue weighted by atomic mass is 16.7. The van der Waals surface area contributed by atoms with E-state index in [9.17, 15) is 4.79 Å². The molecule has 0 N–H and O–H groups in total. The zero-order valence-corrected chi connectivity index (χ0v) is 16.5. The van der Waals surface area contributed by atoms with Crippen molar-refractivity contribution in [3.8, 4) is 17.2 Å². The van der Waals surface area contributed by atoms with Crippen molar-refractivity contribution in [1.82, 2.24) is 9.55 Å². The second-order valence-electron chi connectivity index (χ2n) is 7.46. The molecular formula is C24H22N2O4. The van der Waals surface area contributed by atoms with E-state index in [4.69, 9.17) is 14.2 Å². The number of aldehydes is 1. The van der Waals surface area contributed by atoms with E-state index in [-0.39, 0.29) is 12.7 Å². The fourth-order valence-electron chi connectivity index (χ4n) is 4.05. The summed E-state index contributed by atoms with van der Waals surface area (Å²) in [6.07, 6.45) is 10.3. The van der Waals surface area contributed by atoms with Gasteiger partial charge in [-0.1, -0.05) is 23.8 Å². The van der Waals surface area contributed by atoms with Crippen molar-refractivity contribution in [3.05, 3.63) is 77.4 Å². The molecule has 3 aromatic rings. The van der Waals surface area contributed by atoms with Crippen molar-refractivity contribution in [2.24, 2.45) is 0 Å². The van der Waals surface area contributed by atoms with Crippen LogP contribution in [-0.4, -0.2) is 29.2 Å². The first-order valence-electron chi connectivity index (χ1n) is 10.1. The van der Waals surface area contributed by atoms with Crippen LogP contribution >= 0.6 is 0 Å². The van der Waals surface area contributed by atoms with Crippen LogP contribution in [0.3, 0.4) is 0 Å². The molecule has 0 spiro atoms. The number of imidazole rings is 1. The first-order valence-corrected chi connectivity index (χ1v) is 10.1. The molecule has 2 aromatic carbocycles. The van der Waals surface area contributed by atoms with Gasteiger partial charge >= 0.3 is 0 Å². The first-order chi connectivity index (χ1) is 14.8. The molecule has 2 aliphatic rings. The van der Waals surface area contributed by atoms with Gasteiger partial charge < -0.3 is 23.6 Å². The molecule has 0 radical (unpaired) electrons. The summed E-state index contributed by atoms with van der Waals surface area (Å²) >= 11 is 0. The number of hydrogen-bond acceptors (Lipinski definition) is 5. The molecule has 1 aliphatic carbocycles. The van der Waals surface area contributed by atoms with E-state index >= 15 is 0 Å². The minimum Gasteiger partial charge on any atom is -0.492 e. The Hall–Kier alpha value is -3.54. The number of allylic oxidation sites excluding steroid dienone is 1. The van der Waals surface area contributed by atoms with Gasteiger partial charge in [-0.05, 0) is 53.8 Å². The standard InChI is InChI=1S/C24H22N2O4/c27-14-22-18(11-17-1-6-23-24(12-17)30-16-29-23)2-3-19-13-20(4-5-21(19)22)28-10-9-26-8-7-25-15-26/h1,4-8,11-15,22H,2-3,9-10,16H2/b18-11+. The van der Waals surface area contributed by atoms with Gasteiger partial charge in [-0.15, -0.1) is 0 Å². The molecule has 0 saturated carbocycles. The van der Waals surface area contributed by atoms with Crippen LogP contribution in [-0.2, 0) is 17.8 Å². The van der Waals surface area contributed by atoms with Crippen LogP contribution in [0.4, 0.5) is 0 Å². The monoisotopic (exact) mass is 402 g/mol. The summed E-state index contributed by atoms with van der Waals surface area (Å²) in [5.41, 5.74) is 4.37. The molecular weight excluding hydrogens is 380 g/mol. The van der Waals surface area contributed by atoms with Gasteiger partial charge in [0, 0.05) is 12.4 Å². The normalized spacial score (nSPS) is 18.3. The quantitative estimate of drug-likeness (QED) is 0.583. The lowest BCUT2D eigenvalue weighted by Gasteiger charge is -2.25. The Kier molecular flexibility index (Phi) is 4.97. The van der Waals surface area contributed by atoms with Crippen LogP contribution in [0.5, 0.6) is 17.2 Å². The number of nitrogens with zero attached hydrogens (tertiary/aromatic N) is 2. The molecule has 2 heterocycles. The third kappa shape index (κ3) is 3.68. The van der Waals surface area contributed by atoms with E-state index in [1.165, 1.54) is 5.56 Å². The van der Waals surface area contributed by atoms with E-state index in [0.717, 1.165) is 59.6 Å². The van der Waals surface area contributed by atoms with Crippen molar-refractivity contribution < 1.29 is 19.0 Å². The highest BCUT2D eigenvalue weighted by Crippen LogP contribution is 2.39. The van der Waals surface area contributed by atoms with Crippen LogP contribution in [0.25, 0.3) is 6.08 Å². The number of rotatable bonds is 6. The lowest BCUT2D eigenvalue weighted by molar-refractivity contribution is -0.108. The van der Waals surface area contributed by atoms with Crippen molar-refractivity contribution in [2.75, 3.05) is 13.4 Å². The molecule has 6 heteroatoms. The lowest BCUT2D eigenvalue weighted by Crippen LogP contribution is -2.14. The van der Waals surface area contributed by atoms with Crippen molar-refractivity contribution in [3.63, 3.8) is 0 Å². The van der Waals surface area contributed by atoms with Crippen LogP contribution in [0.15, 0.2) is 60.7 Å². The largest absolute Gasteiger partial charge is 0.492 e. The third-order valence-corrected chi connectivity index (χ3v) is 5.59. The zero-order chi connectivity index (χ0) is 20.3. The summed E-state index contributed by atoms with van der Waals surface area (Å²) < 4.78 is 18.7. The molecule has 1 unspecified atom stereocenters. The predicted molar refractivity (Wildman–Crippen MR) is 112 cm³/mol. The molecule has 1 aliphatic heterocycles. The third-order valence-electron chi connectivity index (χ3n) is 5.59. The van der Waals surface area contributed by atoms with Gasteiger partial charge in [-0.2, -0.15) is 0 Å². The minimum absolute atomic E-state index is 0.237. The number of fused-ring (bicyclic) bond motifs is 2. The SMILES string of the molecule is O=CC1/C(=C/c2ccc3c(c2)OCO3)CCc2cc(OCCn3ccnc3)ccc21. The summed E-state index contributed by atoms with van der Waals surface area (Å²) in [5, 5.41) is 0. The molecule has 0 saturated heterocycles. The second-order valence-corrected chi connectivity index (χ2v) is 7.46. The molecule has 1 atom stereocenters. The highest BCUT2D eigenvalue weighted by molar-refractivity contribution is 5.75. The molecule has 30 heavy (non-hydrogen) atoms. The summed E-state index contributed by atoms with van der Waals surface area (Å²) in [5.74, 6) is 2.11. The first kappa shape index (κ1) is 18.5. The number of ether oxygens (including phenoxy) is 3. The fraction of sp³-hybridized carbons (Fsp3) is 0.250. The maximum absolute atomic E-state index is 12.0. The van der Waals surface area contributed by atoms with Gasteiger partial charge in [0.15, 0.2) is 11.5 Å². The Balaban J connectivity index is 1.33. The fourth-order valence-corrected chi connectivity index (χ4v) is 4.05. The van der Waals surface area contributed by atoms with Gasteiger partial charge in [0.05, 0.1) is 18.8 Å². The molecule has 1 aromatic heterocycles. The Labute approximate surface area is 174 Å². The molecule has 0 fully saturated rings. The number of aryl methyl sites for hydroxylation is 1. The molecule has 6 nitrogen and oxygen atoms in total. The van der Waals surface area contributed by atoms with E-state index in [1.807, 2.05) is 41.1 Å². The molecule has 152 valence electrons. The molecule has 0 amide bonds. The van der Waals surface area contributed by atoms with E-state index < -0.39 is 0 Å². The van der Waals surface area contributed by atoms with Crippen LogP contribution in [0.2, 0.25) is 0 Å². The smallest absolute Gasteiger partial charge is 0.231 e. The Bertz CT molecular complexity index is 1090. The number of aromatic nitrogens is 2. The van der Waals surface area contributed by atoms with Crippen LogP contribution in [0.1, 0.15) is 29.0 Å². The van der Waals surface area contributed by atoms with Crippen molar-refractivity contribution in [1.29, 1.82) is 0 Å². The topological polar surface area (TPSA) is 62.6 Å². The van der Waals surface area contributed by atoms with Gasteiger partial charge in [-0.3, -0.25) is 0 Å². The maximum Gasteiger partial charge on any atom is 0.231 e. The average molecular weight is 402 g/mol. The van der Waals surface area contributed by atoms with Crippen LogP contribution < -0.4 is 14.2 Å². The summed E-state index contributed by atoms with van der Waals surface area (Å²) in [6, 6.07) is 11.9. The zero-order valence-electron chi connectivity index (χ0n) is 16.5. The summed E-state index contributed by atoms with van der Waals surface area (Å²) in [4.78, 5) is 16.0. The molecule has 5 rings (SSSR count). The number of benzene rings is 2. The summed E-state index contributed by atoms with van der Waals surface area (Å²) in [7, 11) is 0. The second kappa shape index (κ2) is 8.06. The van der Waals surface area contributed by atoms with Crippen molar-refractivity contribution >= 4 is 12.4 Å². The van der Waals surface area contributed by atoms with Gasteiger partial charge in [0.25, 0.3) is 0 Å². The van der Waals surface area contributed by atoms with Gasteiger partial charge in [0.2, 0.25) is 6.79 Å². The predicted octanol–water partition coefficient (Wildman–Crippen LogP) is 4.00. The summed E-state index contributed by atoms with van der Waals surface area (Å²) in [6.45, 7) is 1.57. The van der Waals surface area contributed by atoms with E-state index in [0.29, 0.717) is 6.61 Å².